The number of carbonyl (C=O) groups is 2. The molecule has 2 heterocycles. The van der Waals surface area contributed by atoms with Crippen molar-refractivity contribution >= 4 is 30.4 Å². The van der Waals surface area contributed by atoms with Crippen LogP contribution in [0.3, 0.4) is 0 Å². The van der Waals surface area contributed by atoms with E-state index in [4.69, 9.17) is 0 Å². The van der Waals surface area contributed by atoms with E-state index in [9.17, 15) is 9.59 Å². The van der Waals surface area contributed by atoms with Gasteiger partial charge in [-0.1, -0.05) is 17.3 Å². The number of carbonyl (C=O) groups excluding carboxylic acids is 2. The molecule has 0 unspecified atom stereocenters. The maximum Gasteiger partial charge on any atom is 0.328 e. The van der Waals surface area contributed by atoms with Gasteiger partial charge < -0.3 is 0 Å². The lowest BCUT2D eigenvalue weighted by Gasteiger charge is -2.26. The first-order valence-corrected chi connectivity index (χ1v) is 6.37. The van der Waals surface area contributed by atoms with E-state index in [1.165, 1.54) is 8.99 Å². The highest BCUT2D eigenvalue weighted by atomic mass is 32.1. The van der Waals surface area contributed by atoms with Crippen molar-refractivity contribution in [3.05, 3.63) is 30.5 Å². The third-order valence-corrected chi connectivity index (χ3v) is 3.21. The molecular formula is C12H11N5O2S. The lowest BCUT2D eigenvalue weighted by molar-refractivity contribution is -0.120. The van der Waals surface area contributed by atoms with Crippen molar-refractivity contribution in [1.29, 1.82) is 0 Å². The average molecular weight is 289 g/mol. The van der Waals surface area contributed by atoms with Crippen molar-refractivity contribution in [3.8, 4) is 11.3 Å². The predicted molar refractivity (Wildman–Crippen MR) is 75.3 cm³/mol. The van der Waals surface area contributed by atoms with Gasteiger partial charge in [0.25, 0.3) is 0 Å². The highest BCUT2D eigenvalue weighted by Crippen LogP contribution is 2.22. The lowest BCUT2D eigenvalue weighted by atomic mass is 10.1. The first-order valence-electron chi connectivity index (χ1n) is 5.97. The topological polar surface area (TPSA) is 80.1 Å². The zero-order chi connectivity index (χ0) is 14.1. The summed E-state index contributed by atoms with van der Waals surface area (Å²) in [6, 6.07) is 6.91. The molecule has 1 aromatic heterocycles. The molecule has 1 fully saturated rings. The standard InChI is InChI=1S/C12H11N5O2S/c18-11-5-6-16(12(19)13-11)9-3-1-8(2-4-9)10-7-17(20)15-14-10/h1-4,7,20H,5-6H2,(H,13,18,19). The predicted octanol–water partition coefficient (Wildman–Crippen LogP) is 1.08. The van der Waals surface area contributed by atoms with Crippen molar-refractivity contribution < 1.29 is 9.59 Å². The second-order valence-corrected chi connectivity index (χ2v) is 4.74. The van der Waals surface area contributed by atoms with Gasteiger partial charge in [0.05, 0.1) is 6.20 Å². The van der Waals surface area contributed by atoms with Gasteiger partial charge in [0.1, 0.15) is 5.69 Å². The molecule has 0 saturated carbocycles. The van der Waals surface area contributed by atoms with Crippen molar-refractivity contribution in [1.82, 2.24) is 19.7 Å². The zero-order valence-corrected chi connectivity index (χ0v) is 11.2. The number of hydrogen-bond acceptors (Lipinski definition) is 5. The van der Waals surface area contributed by atoms with Crippen LogP contribution >= 0.6 is 12.8 Å². The maximum atomic E-state index is 11.7. The SMILES string of the molecule is O=C1CCN(c2ccc(-c3cn(S)nn3)cc2)C(=O)N1. The summed E-state index contributed by atoms with van der Waals surface area (Å²) in [7, 11) is 0. The fourth-order valence-corrected chi connectivity index (χ4v) is 2.16. The van der Waals surface area contributed by atoms with Gasteiger partial charge in [-0.05, 0) is 24.9 Å². The second kappa shape index (κ2) is 4.97. The molecule has 1 saturated heterocycles. The van der Waals surface area contributed by atoms with Crippen LogP contribution in [0.4, 0.5) is 10.5 Å². The van der Waals surface area contributed by atoms with E-state index in [1.54, 1.807) is 6.20 Å². The highest BCUT2D eigenvalue weighted by molar-refractivity contribution is 7.78. The largest absolute Gasteiger partial charge is 0.328 e. The molecule has 1 aromatic carbocycles. The molecule has 20 heavy (non-hydrogen) atoms. The van der Waals surface area contributed by atoms with Gasteiger partial charge >= 0.3 is 6.03 Å². The number of urea groups is 1. The third-order valence-electron chi connectivity index (χ3n) is 3.01. The van der Waals surface area contributed by atoms with Crippen molar-refractivity contribution in [3.63, 3.8) is 0 Å². The Morgan fingerprint density at radius 3 is 2.55 bits per heavy atom. The quantitative estimate of drug-likeness (QED) is 0.811. The molecule has 1 N–H and O–H groups in total. The van der Waals surface area contributed by atoms with Gasteiger partial charge in [-0.15, -0.1) is 5.10 Å². The smallest absolute Gasteiger partial charge is 0.294 e. The number of aromatic nitrogens is 3. The molecule has 0 bridgehead atoms. The fourth-order valence-electron chi connectivity index (χ4n) is 2.01. The minimum atomic E-state index is -0.393. The Bertz CT molecular complexity index is 667. The van der Waals surface area contributed by atoms with Crippen molar-refractivity contribution in [2.24, 2.45) is 0 Å². The van der Waals surface area contributed by atoms with E-state index in [0.717, 1.165) is 11.3 Å². The summed E-state index contributed by atoms with van der Waals surface area (Å²) in [5.74, 6) is -0.242. The summed E-state index contributed by atoms with van der Waals surface area (Å²) in [5.41, 5.74) is 2.31. The molecule has 1 aliphatic heterocycles. The molecule has 2 aromatic rings. The molecule has 8 heteroatoms. The molecule has 0 spiro atoms. The average Bonchev–Trinajstić information content (AvgIpc) is 2.86. The second-order valence-electron chi connectivity index (χ2n) is 4.33. The number of hydrogen-bond donors (Lipinski definition) is 2. The van der Waals surface area contributed by atoms with E-state index < -0.39 is 6.03 Å². The first kappa shape index (κ1) is 12.7. The molecular weight excluding hydrogens is 278 g/mol. The number of nitrogens with one attached hydrogen (secondary N) is 1. The van der Waals surface area contributed by atoms with Gasteiger partial charge in [0, 0.05) is 24.2 Å². The minimum Gasteiger partial charge on any atom is -0.294 e. The molecule has 0 radical (unpaired) electrons. The summed E-state index contributed by atoms with van der Waals surface area (Å²) in [6.45, 7) is 0.386. The monoisotopic (exact) mass is 289 g/mol. The fraction of sp³-hybridized carbons (Fsp3) is 0.167. The maximum absolute atomic E-state index is 11.7. The van der Waals surface area contributed by atoms with Crippen LogP contribution < -0.4 is 10.2 Å². The third kappa shape index (κ3) is 2.37. The van der Waals surface area contributed by atoms with Crippen molar-refractivity contribution in [2.45, 2.75) is 6.42 Å². The van der Waals surface area contributed by atoms with Gasteiger partial charge in [-0.2, -0.15) is 4.09 Å². The Morgan fingerprint density at radius 2 is 1.95 bits per heavy atom. The molecule has 3 amide bonds. The van der Waals surface area contributed by atoms with E-state index in [-0.39, 0.29) is 5.91 Å². The Balaban J connectivity index is 1.83. The number of benzene rings is 1. The molecule has 0 atom stereocenters. The van der Waals surface area contributed by atoms with Crippen LogP contribution in [-0.4, -0.2) is 32.9 Å². The molecule has 1 aliphatic rings. The number of anilines is 1. The minimum absolute atomic E-state index is 0.242. The van der Waals surface area contributed by atoms with Gasteiger partial charge in [0.2, 0.25) is 5.91 Å². The van der Waals surface area contributed by atoms with E-state index in [0.29, 0.717) is 18.7 Å². The number of nitrogens with zero attached hydrogens (tertiary/aromatic N) is 4. The summed E-state index contributed by atoms with van der Waals surface area (Å²) in [6.07, 6.45) is 1.99. The number of imide groups is 1. The molecule has 3 rings (SSSR count). The Labute approximate surface area is 120 Å². The van der Waals surface area contributed by atoms with Crippen LogP contribution in [0.15, 0.2) is 30.5 Å². The van der Waals surface area contributed by atoms with E-state index >= 15 is 0 Å². The van der Waals surface area contributed by atoms with E-state index in [1.807, 2.05) is 24.3 Å². The lowest BCUT2D eigenvalue weighted by Crippen LogP contribution is -2.49. The summed E-state index contributed by atoms with van der Waals surface area (Å²) >= 11 is 4.03. The summed E-state index contributed by atoms with van der Waals surface area (Å²) < 4.78 is 1.33. The molecule has 0 aliphatic carbocycles. The Kier molecular flexibility index (Phi) is 3.15. The molecule has 7 nitrogen and oxygen atoms in total. The Morgan fingerprint density at radius 1 is 1.20 bits per heavy atom. The normalized spacial score (nSPS) is 15.3. The molecule has 102 valence electrons. The van der Waals surface area contributed by atoms with Crippen LogP contribution in [-0.2, 0) is 4.79 Å². The van der Waals surface area contributed by atoms with Crippen molar-refractivity contribution in [2.75, 3.05) is 11.4 Å². The van der Waals surface area contributed by atoms with Gasteiger partial charge in [-0.25, -0.2) is 4.79 Å². The zero-order valence-electron chi connectivity index (χ0n) is 10.4. The van der Waals surface area contributed by atoms with Crippen LogP contribution in [0.2, 0.25) is 0 Å². The van der Waals surface area contributed by atoms with Crippen LogP contribution in [0.25, 0.3) is 11.3 Å². The van der Waals surface area contributed by atoms with Gasteiger partial charge in [-0.3, -0.25) is 15.0 Å². The number of rotatable bonds is 2. The Hall–Kier alpha value is -2.35. The van der Waals surface area contributed by atoms with Crippen LogP contribution in [0.5, 0.6) is 0 Å². The summed E-state index contributed by atoms with van der Waals surface area (Å²) in [5, 5.41) is 9.99. The first-order chi connectivity index (χ1) is 9.63. The van der Waals surface area contributed by atoms with E-state index in [2.05, 4.69) is 28.4 Å². The van der Waals surface area contributed by atoms with Crippen LogP contribution in [0.1, 0.15) is 6.42 Å². The number of thiol groups is 1. The highest BCUT2D eigenvalue weighted by Gasteiger charge is 2.23. The van der Waals surface area contributed by atoms with Crippen LogP contribution in [0, 0.1) is 0 Å². The van der Waals surface area contributed by atoms with Gasteiger partial charge in [0.15, 0.2) is 0 Å². The summed E-state index contributed by atoms with van der Waals surface area (Å²) in [4.78, 5) is 24.4. The number of amides is 3.